The van der Waals surface area contributed by atoms with E-state index in [4.69, 9.17) is 9.47 Å². The number of thioether (sulfide) groups is 1. The molecule has 3 rings (SSSR count). The van der Waals surface area contributed by atoms with Crippen LogP contribution in [-0.4, -0.2) is 41.1 Å². The van der Waals surface area contributed by atoms with Crippen molar-refractivity contribution in [3.05, 3.63) is 83.4 Å². The van der Waals surface area contributed by atoms with Crippen molar-refractivity contribution in [3.63, 3.8) is 0 Å². The quantitative estimate of drug-likeness (QED) is 0.388. The zero-order chi connectivity index (χ0) is 25.6. The third-order valence-electron chi connectivity index (χ3n) is 5.55. The first kappa shape index (κ1) is 26.4. The number of methoxy groups -OCH3 is 2. The highest BCUT2D eigenvalue weighted by Gasteiger charge is 2.27. The van der Waals surface area contributed by atoms with Crippen LogP contribution in [0.15, 0.2) is 71.6 Å². The van der Waals surface area contributed by atoms with Gasteiger partial charge >= 0.3 is 0 Å². The monoisotopic (exact) mass is 514 g/mol. The zero-order valence-electron chi connectivity index (χ0n) is 20.4. The van der Waals surface area contributed by atoms with E-state index < -0.39 is 15.9 Å². The minimum absolute atomic E-state index is 0.0567. The lowest BCUT2D eigenvalue weighted by Gasteiger charge is -2.26. The fourth-order valence-electron chi connectivity index (χ4n) is 3.64. The van der Waals surface area contributed by atoms with Gasteiger partial charge in [0.2, 0.25) is 10.0 Å². The maximum absolute atomic E-state index is 13.5. The second-order valence-electron chi connectivity index (χ2n) is 7.95. The van der Waals surface area contributed by atoms with Gasteiger partial charge in [0, 0.05) is 11.0 Å². The van der Waals surface area contributed by atoms with Crippen molar-refractivity contribution in [1.29, 1.82) is 0 Å². The average molecular weight is 515 g/mol. The van der Waals surface area contributed by atoms with Crippen molar-refractivity contribution in [2.75, 3.05) is 31.0 Å². The molecule has 9 heteroatoms. The highest BCUT2D eigenvalue weighted by Crippen LogP contribution is 2.37. The molecule has 1 N–H and O–H groups in total. The van der Waals surface area contributed by atoms with Crippen LogP contribution < -0.4 is 19.1 Å². The number of hydrogen-bond acceptors (Lipinski definition) is 6. The fraction of sp³-hybridized carbons (Fsp3) is 0.269. The van der Waals surface area contributed by atoms with Gasteiger partial charge in [0.05, 0.1) is 44.3 Å². The Bertz CT molecular complexity index is 1260. The third-order valence-corrected chi connectivity index (χ3v) is 7.42. The van der Waals surface area contributed by atoms with Crippen LogP contribution in [-0.2, 0) is 16.6 Å². The summed E-state index contributed by atoms with van der Waals surface area (Å²) in [6.45, 7) is 1.94. The van der Waals surface area contributed by atoms with E-state index in [0.29, 0.717) is 11.5 Å². The lowest BCUT2D eigenvalue weighted by Crippen LogP contribution is -2.33. The Hall–Kier alpha value is -3.17. The van der Waals surface area contributed by atoms with E-state index in [0.717, 1.165) is 22.3 Å². The Kier molecular flexibility index (Phi) is 8.69. The molecule has 0 unspecified atom stereocenters. The van der Waals surface area contributed by atoms with Crippen LogP contribution in [0, 0.1) is 0 Å². The molecule has 186 valence electrons. The van der Waals surface area contributed by atoms with Crippen molar-refractivity contribution in [2.45, 2.75) is 24.4 Å². The highest BCUT2D eigenvalue weighted by atomic mass is 32.2. The van der Waals surface area contributed by atoms with E-state index in [2.05, 4.69) is 5.32 Å². The van der Waals surface area contributed by atoms with E-state index in [1.165, 1.54) is 30.7 Å². The van der Waals surface area contributed by atoms with Gasteiger partial charge < -0.3 is 14.8 Å². The minimum atomic E-state index is -3.75. The number of benzene rings is 3. The molecular formula is C26H30N2O5S2. The Morgan fingerprint density at radius 3 is 2.14 bits per heavy atom. The molecule has 0 heterocycles. The first-order valence-electron chi connectivity index (χ1n) is 10.9. The first-order valence-corrected chi connectivity index (χ1v) is 14.0. The van der Waals surface area contributed by atoms with Gasteiger partial charge in [-0.25, -0.2) is 8.42 Å². The summed E-state index contributed by atoms with van der Waals surface area (Å²) in [5.41, 5.74) is 2.08. The van der Waals surface area contributed by atoms with Crippen LogP contribution in [0.2, 0.25) is 0 Å². The van der Waals surface area contributed by atoms with Crippen molar-refractivity contribution in [2.24, 2.45) is 0 Å². The summed E-state index contributed by atoms with van der Waals surface area (Å²) < 4.78 is 37.8. The highest BCUT2D eigenvalue weighted by molar-refractivity contribution is 7.98. The van der Waals surface area contributed by atoms with Gasteiger partial charge in [0.25, 0.3) is 5.91 Å². The molecule has 0 spiro atoms. The number of sulfonamides is 1. The summed E-state index contributed by atoms with van der Waals surface area (Å²) in [6, 6.07) is 19.8. The molecule has 7 nitrogen and oxygen atoms in total. The Morgan fingerprint density at radius 2 is 1.60 bits per heavy atom. The van der Waals surface area contributed by atoms with Crippen molar-refractivity contribution in [3.8, 4) is 11.5 Å². The average Bonchev–Trinajstić information content (AvgIpc) is 2.86. The van der Waals surface area contributed by atoms with Crippen molar-refractivity contribution < 1.29 is 22.7 Å². The van der Waals surface area contributed by atoms with E-state index in [1.807, 2.05) is 67.8 Å². The van der Waals surface area contributed by atoms with Gasteiger partial charge in [-0.1, -0.05) is 42.5 Å². The number of carbonyl (C=O) groups is 1. The number of hydrogen-bond donors (Lipinski definition) is 1. The van der Waals surface area contributed by atoms with Crippen LogP contribution in [0.5, 0.6) is 11.5 Å². The van der Waals surface area contributed by atoms with Crippen LogP contribution >= 0.6 is 11.8 Å². The van der Waals surface area contributed by atoms with Crippen molar-refractivity contribution in [1.82, 2.24) is 5.32 Å². The summed E-state index contributed by atoms with van der Waals surface area (Å²) in [4.78, 5) is 14.6. The molecule has 0 aromatic heterocycles. The van der Waals surface area contributed by atoms with Crippen LogP contribution in [0.3, 0.4) is 0 Å². The Morgan fingerprint density at radius 1 is 1.00 bits per heavy atom. The molecule has 1 amide bonds. The molecule has 0 saturated heterocycles. The molecule has 3 aromatic carbocycles. The molecule has 0 aliphatic rings. The topological polar surface area (TPSA) is 84.9 Å². The maximum Gasteiger partial charge on any atom is 0.254 e. The first-order chi connectivity index (χ1) is 16.7. The summed E-state index contributed by atoms with van der Waals surface area (Å²) in [6.07, 6.45) is 3.12. The fourth-order valence-corrected chi connectivity index (χ4v) is 4.94. The lowest BCUT2D eigenvalue weighted by molar-refractivity contribution is 0.0940. The van der Waals surface area contributed by atoms with Crippen LogP contribution in [0.4, 0.5) is 5.69 Å². The summed E-state index contributed by atoms with van der Waals surface area (Å²) >= 11 is 1.64. The standard InChI is InChI=1S/C26H30N2O5S2/c1-18(20-11-13-21(34-4)14-12-20)27-26(29)22-15-24(32-2)25(33-3)16-23(22)28(35(5,30)31)17-19-9-7-6-8-10-19/h6-16,18H,17H2,1-5H3,(H,27,29)/t18-/m1/s1. The van der Waals surface area contributed by atoms with Crippen LogP contribution in [0.25, 0.3) is 0 Å². The minimum Gasteiger partial charge on any atom is -0.493 e. The van der Waals surface area contributed by atoms with E-state index in [9.17, 15) is 13.2 Å². The van der Waals surface area contributed by atoms with Crippen molar-refractivity contribution >= 4 is 33.4 Å². The second-order valence-corrected chi connectivity index (χ2v) is 10.7. The molecule has 0 saturated carbocycles. The third kappa shape index (κ3) is 6.49. The summed E-state index contributed by atoms with van der Waals surface area (Å²) in [5, 5.41) is 2.99. The molecule has 0 aliphatic carbocycles. The number of carbonyl (C=O) groups excluding carboxylic acids is 1. The number of anilines is 1. The zero-order valence-corrected chi connectivity index (χ0v) is 22.1. The van der Waals surface area contributed by atoms with Gasteiger partial charge in [-0.3, -0.25) is 9.10 Å². The lowest BCUT2D eigenvalue weighted by atomic mass is 10.1. The molecule has 0 bridgehead atoms. The Labute approximate surface area is 211 Å². The van der Waals surface area contributed by atoms with Gasteiger partial charge in [-0.05, 0) is 42.5 Å². The number of rotatable bonds is 10. The molecule has 0 fully saturated rings. The van der Waals surface area contributed by atoms with Gasteiger partial charge in [0.1, 0.15) is 0 Å². The number of nitrogens with zero attached hydrogens (tertiary/aromatic N) is 1. The van der Waals surface area contributed by atoms with Gasteiger partial charge in [-0.2, -0.15) is 0 Å². The largest absolute Gasteiger partial charge is 0.493 e. The molecule has 1 atom stereocenters. The van der Waals surface area contributed by atoms with Gasteiger partial charge in [0.15, 0.2) is 11.5 Å². The van der Waals surface area contributed by atoms with E-state index in [1.54, 1.807) is 11.8 Å². The molecule has 0 aliphatic heterocycles. The molecule has 3 aromatic rings. The Balaban J connectivity index is 2.05. The second kappa shape index (κ2) is 11.5. The summed E-state index contributed by atoms with van der Waals surface area (Å²) in [5.74, 6) is 0.220. The summed E-state index contributed by atoms with van der Waals surface area (Å²) in [7, 11) is -0.823. The maximum atomic E-state index is 13.5. The predicted octanol–water partition coefficient (Wildman–Crippen LogP) is 4.88. The van der Waals surface area contributed by atoms with Gasteiger partial charge in [-0.15, -0.1) is 11.8 Å². The SMILES string of the molecule is COc1cc(C(=O)N[C@H](C)c2ccc(SC)cc2)c(N(Cc2ccccc2)S(C)(=O)=O)cc1OC. The normalized spacial score (nSPS) is 12.0. The number of ether oxygens (including phenoxy) is 2. The van der Waals surface area contributed by atoms with Crippen LogP contribution in [0.1, 0.15) is 34.5 Å². The number of amides is 1. The molecule has 0 radical (unpaired) electrons. The number of nitrogens with one attached hydrogen (secondary N) is 1. The van der Waals surface area contributed by atoms with E-state index in [-0.39, 0.29) is 23.8 Å². The van der Waals surface area contributed by atoms with E-state index >= 15 is 0 Å². The predicted molar refractivity (Wildman–Crippen MR) is 141 cm³/mol. The molecule has 35 heavy (non-hydrogen) atoms. The molecular weight excluding hydrogens is 484 g/mol. The smallest absolute Gasteiger partial charge is 0.254 e.